The van der Waals surface area contributed by atoms with Crippen LogP contribution in [0, 0.1) is 11.6 Å². The van der Waals surface area contributed by atoms with Crippen molar-refractivity contribution in [1.82, 2.24) is 0 Å². The van der Waals surface area contributed by atoms with Crippen LogP contribution in [0.25, 0.3) is 0 Å². The molecule has 0 spiro atoms. The van der Waals surface area contributed by atoms with Crippen molar-refractivity contribution in [3.63, 3.8) is 0 Å². The summed E-state index contributed by atoms with van der Waals surface area (Å²) in [6, 6.07) is 7.26. The molecule has 0 amide bonds. The molecular weight excluding hydrogens is 300 g/mol. The highest BCUT2D eigenvalue weighted by Gasteiger charge is 2.23. The lowest BCUT2D eigenvalue weighted by Crippen LogP contribution is -2.10. The number of anilines is 1. The van der Waals surface area contributed by atoms with Crippen molar-refractivity contribution in [2.75, 3.05) is 12.8 Å². The first-order chi connectivity index (χ1) is 9.85. The van der Waals surface area contributed by atoms with E-state index in [9.17, 15) is 17.2 Å². The van der Waals surface area contributed by atoms with E-state index in [2.05, 4.69) is 0 Å². The fraction of sp³-hybridized carbons (Fsp3) is 0.143. The van der Waals surface area contributed by atoms with E-state index in [1.165, 1.54) is 31.4 Å². The molecule has 7 heteroatoms. The number of benzene rings is 2. The number of ether oxygens (including phenoxy) is 1. The standard InChI is InChI=1S/C14H13F2NO3S/c1-20-9-5-6-13(17)14(7-9)21(18,19)8-10-11(15)3-2-4-12(10)16/h2-7H,8,17H2,1H3. The van der Waals surface area contributed by atoms with Gasteiger partial charge in [-0.25, -0.2) is 17.2 Å². The Morgan fingerprint density at radius 2 is 1.76 bits per heavy atom. The molecule has 21 heavy (non-hydrogen) atoms. The lowest BCUT2D eigenvalue weighted by atomic mass is 10.2. The number of nitrogen functional groups attached to an aromatic ring is 1. The minimum absolute atomic E-state index is 0.00690. The van der Waals surface area contributed by atoms with Crippen molar-refractivity contribution in [3.8, 4) is 5.75 Å². The normalized spacial score (nSPS) is 11.4. The van der Waals surface area contributed by atoms with Crippen molar-refractivity contribution < 1.29 is 21.9 Å². The van der Waals surface area contributed by atoms with Crippen LogP contribution >= 0.6 is 0 Å². The predicted octanol–water partition coefficient (Wildman–Crippen LogP) is 2.53. The minimum atomic E-state index is -4.01. The minimum Gasteiger partial charge on any atom is -0.497 e. The number of methoxy groups -OCH3 is 1. The van der Waals surface area contributed by atoms with E-state index < -0.39 is 32.8 Å². The van der Waals surface area contributed by atoms with Gasteiger partial charge in [0.05, 0.1) is 23.4 Å². The van der Waals surface area contributed by atoms with E-state index in [0.29, 0.717) is 0 Å². The van der Waals surface area contributed by atoms with Gasteiger partial charge in [-0.05, 0) is 24.3 Å². The number of hydrogen-bond acceptors (Lipinski definition) is 4. The molecular formula is C14H13F2NO3S. The number of nitrogens with two attached hydrogens (primary N) is 1. The highest BCUT2D eigenvalue weighted by atomic mass is 32.2. The number of hydrogen-bond donors (Lipinski definition) is 1. The summed E-state index contributed by atoms with van der Waals surface area (Å²) in [6.07, 6.45) is 0. The van der Waals surface area contributed by atoms with E-state index in [1.54, 1.807) is 0 Å². The molecule has 0 aromatic heterocycles. The quantitative estimate of drug-likeness (QED) is 0.881. The molecule has 0 heterocycles. The van der Waals surface area contributed by atoms with Crippen LogP contribution in [0.2, 0.25) is 0 Å². The molecule has 0 fully saturated rings. The molecule has 0 aliphatic heterocycles. The zero-order chi connectivity index (χ0) is 15.6. The summed E-state index contributed by atoms with van der Waals surface area (Å²) in [6.45, 7) is 0. The monoisotopic (exact) mass is 313 g/mol. The van der Waals surface area contributed by atoms with Crippen LogP contribution in [0.15, 0.2) is 41.3 Å². The van der Waals surface area contributed by atoms with Crippen molar-refractivity contribution in [3.05, 3.63) is 53.6 Å². The zero-order valence-corrected chi connectivity index (χ0v) is 12.0. The molecule has 0 aliphatic carbocycles. The molecule has 0 saturated carbocycles. The second-order valence-corrected chi connectivity index (χ2v) is 6.32. The third kappa shape index (κ3) is 3.13. The Kier molecular flexibility index (Phi) is 4.13. The van der Waals surface area contributed by atoms with Crippen molar-refractivity contribution in [2.45, 2.75) is 10.6 Å². The van der Waals surface area contributed by atoms with Gasteiger partial charge < -0.3 is 10.5 Å². The van der Waals surface area contributed by atoms with Crippen molar-refractivity contribution >= 4 is 15.5 Å². The van der Waals surface area contributed by atoms with Crippen LogP contribution in [-0.2, 0) is 15.6 Å². The van der Waals surface area contributed by atoms with Gasteiger partial charge in [0, 0.05) is 11.6 Å². The Morgan fingerprint density at radius 3 is 2.33 bits per heavy atom. The van der Waals surface area contributed by atoms with E-state index >= 15 is 0 Å². The molecule has 4 nitrogen and oxygen atoms in total. The van der Waals surface area contributed by atoms with Crippen LogP contribution in [0.5, 0.6) is 5.75 Å². The molecule has 2 N–H and O–H groups in total. The fourth-order valence-electron chi connectivity index (χ4n) is 1.85. The Morgan fingerprint density at radius 1 is 1.14 bits per heavy atom. The molecule has 0 radical (unpaired) electrons. The largest absolute Gasteiger partial charge is 0.497 e. The second-order valence-electron chi connectivity index (χ2n) is 4.36. The highest BCUT2D eigenvalue weighted by molar-refractivity contribution is 7.90. The SMILES string of the molecule is COc1ccc(N)c(S(=O)(=O)Cc2c(F)cccc2F)c1. The maximum Gasteiger partial charge on any atom is 0.184 e. The maximum atomic E-state index is 13.6. The van der Waals surface area contributed by atoms with E-state index in [0.717, 1.165) is 12.1 Å². The van der Waals surface area contributed by atoms with Gasteiger partial charge in [-0.1, -0.05) is 6.07 Å². The smallest absolute Gasteiger partial charge is 0.184 e. The van der Waals surface area contributed by atoms with Crippen LogP contribution in [0.4, 0.5) is 14.5 Å². The third-order valence-corrected chi connectivity index (χ3v) is 4.64. The summed E-state index contributed by atoms with van der Waals surface area (Å²) in [4.78, 5) is -0.218. The first-order valence-corrected chi connectivity index (χ1v) is 7.59. The lowest BCUT2D eigenvalue weighted by molar-refractivity contribution is 0.413. The van der Waals surface area contributed by atoms with Gasteiger partial charge in [-0.15, -0.1) is 0 Å². The summed E-state index contributed by atoms with van der Waals surface area (Å²) in [7, 11) is -2.63. The number of sulfone groups is 1. The fourth-order valence-corrected chi connectivity index (χ4v) is 3.38. The van der Waals surface area contributed by atoms with E-state index in [-0.39, 0.29) is 16.3 Å². The average molecular weight is 313 g/mol. The molecule has 0 saturated heterocycles. The van der Waals surface area contributed by atoms with Crippen LogP contribution in [0.1, 0.15) is 5.56 Å². The maximum absolute atomic E-state index is 13.6. The Hall–Kier alpha value is -2.15. The van der Waals surface area contributed by atoms with Crippen LogP contribution in [-0.4, -0.2) is 15.5 Å². The van der Waals surface area contributed by atoms with Crippen molar-refractivity contribution in [1.29, 1.82) is 0 Å². The molecule has 2 aromatic rings. The van der Waals surface area contributed by atoms with Gasteiger partial charge in [0.2, 0.25) is 0 Å². The van der Waals surface area contributed by atoms with Gasteiger partial charge >= 0.3 is 0 Å². The van der Waals surface area contributed by atoms with Gasteiger partial charge in [0.1, 0.15) is 17.4 Å². The van der Waals surface area contributed by atoms with Gasteiger partial charge in [-0.2, -0.15) is 0 Å². The highest BCUT2D eigenvalue weighted by Crippen LogP contribution is 2.28. The molecule has 0 aliphatic rings. The lowest BCUT2D eigenvalue weighted by Gasteiger charge is -2.10. The summed E-state index contributed by atoms with van der Waals surface area (Å²) in [5.41, 5.74) is 5.12. The molecule has 0 atom stereocenters. The number of rotatable bonds is 4. The first-order valence-electron chi connectivity index (χ1n) is 5.94. The summed E-state index contributed by atoms with van der Waals surface area (Å²) in [5, 5.41) is 0. The topological polar surface area (TPSA) is 69.4 Å². The third-order valence-electron chi connectivity index (χ3n) is 2.95. The first kappa shape index (κ1) is 15.2. The van der Waals surface area contributed by atoms with Crippen LogP contribution < -0.4 is 10.5 Å². The molecule has 112 valence electrons. The molecule has 0 unspecified atom stereocenters. The Bertz CT molecular complexity index is 756. The van der Waals surface area contributed by atoms with Gasteiger partial charge in [0.15, 0.2) is 9.84 Å². The summed E-state index contributed by atoms with van der Waals surface area (Å²) in [5.74, 6) is -2.36. The van der Waals surface area contributed by atoms with E-state index in [4.69, 9.17) is 10.5 Å². The second kappa shape index (κ2) is 5.69. The number of halogens is 2. The molecule has 2 rings (SSSR count). The summed E-state index contributed by atoms with van der Waals surface area (Å²) >= 11 is 0. The van der Waals surface area contributed by atoms with Gasteiger partial charge in [-0.3, -0.25) is 0 Å². The van der Waals surface area contributed by atoms with Crippen molar-refractivity contribution in [2.24, 2.45) is 0 Å². The average Bonchev–Trinajstić information content (AvgIpc) is 2.43. The molecule has 2 aromatic carbocycles. The van der Waals surface area contributed by atoms with E-state index in [1.807, 2.05) is 0 Å². The van der Waals surface area contributed by atoms with Crippen LogP contribution in [0.3, 0.4) is 0 Å². The molecule has 0 bridgehead atoms. The van der Waals surface area contributed by atoms with Gasteiger partial charge in [0.25, 0.3) is 0 Å². The predicted molar refractivity (Wildman–Crippen MR) is 74.7 cm³/mol. The summed E-state index contributed by atoms with van der Waals surface area (Å²) < 4.78 is 56.8. The zero-order valence-electron chi connectivity index (χ0n) is 11.1. The Labute approximate surface area is 121 Å². The Balaban J connectivity index is 2.48.